The zero-order valence-electron chi connectivity index (χ0n) is 13.3. The lowest BCUT2D eigenvalue weighted by atomic mass is 10.2. The summed E-state index contributed by atoms with van der Waals surface area (Å²) >= 11 is 0. The number of hydrogen-bond donors (Lipinski definition) is 1. The number of hydrogen-bond acceptors (Lipinski definition) is 5. The fourth-order valence-electron chi connectivity index (χ4n) is 1.93. The average Bonchev–Trinajstić information content (AvgIpc) is 2.42. The molecule has 0 amide bonds. The number of rotatable bonds is 8. The molecular weight excluding hydrogens is 292 g/mol. The summed E-state index contributed by atoms with van der Waals surface area (Å²) in [4.78, 5) is 2.22. The summed E-state index contributed by atoms with van der Waals surface area (Å²) in [6, 6.07) is 3.15. The van der Waals surface area contributed by atoms with E-state index < -0.39 is 10.0 Å². The van der Waals surface area contributed by atoms with Gasteiger partial charge in [0.25, 0.3) is 0 Å². The molecule has 0 unspecified atom stereocenters. The van der Waals surface area contributed by atoms with Crippen LogP contribution in [-0.2, 0) is 10.0 Å². The quantitative estimate of drug-likeness (QED) is 0.731. The van der Waals surface area contributed by atoms with Crippen molar-refractivity contribution in [3.05, 3.63) is 17.7 Å². The summed E-state index contributed by atoms with van der Waals surface area (Å²) in [7, 11) is 3.35. The molecule has 0 aromatic heterocycles. The maximum atomic E-state index is 12.3. The van der Waals surface area contributed by atoms with Crippen molar-refractivity contribution in [3.63, 3.8) is 0 Å². The van der Waals surface area contributed by atoms with Crippen LogP contribution in [0.3, 0.4) is 0 Å². The van der Waals surface area contributed by atoms with Crippen molar-refractivity contribution in [2.45, 2.75) is 18.2 Å². The van der Waals surface area contributed by atoms with Gasteiger partial charge in [0.1, 0.15) is 0 Å². The second kappa shape index (κ2) is 7.63. The molecule has 0 aliphatic carbocycles. The number of benzene rings is 1. The Hall–Kier alpha value is -1.31. The van der Waals surface area contributed by atoms with Crippen molar-refractivity contribution in [3.8, 4) is 11.5 Å². The maximum Gasteiger partial charge on any atom is 0.240 e. The largest absolute Gasteiger partial charge is 0.493 e. The lowest BCUT2D eigenvalue weighted by molar-refractivity contribution is 0.353. The minimum atomic E-state index is -3.55. The maximum absolute atomic E-state index is 12.3. The van der Waals surface area contributed by atoms with Gasteiger partial charge in [-0.15, -0.1) is 0 Å². The van der Waals surface area contributed by atoms with Crippen molar-refractivity contribution in [1.29, 1.82) is 0 Å². The molecule has 0 aliphatic rings. The number of aryl methyl sites for hydroxylation is 1. The van der Waals surface area contributed by atoms with Crippen LogP contribution in [0.2, 0.25) is 0 Å². The van der Waals surface area contributed by atoms with Gasteiger partial charge in [-0.2, -0.15) is 0 Å². The van der Waals surface area contributed by atoms with E-state index in [0.717, 1.165) is 13.0 Å². The van der Waals surface area contributed by atoms with Crippen LogP contribution in [0.4, 0.5) is 0 Å². The monoisotopic (exact) mass is 316 g/mol. The molecule has 1 aromatic carbocycles. The summed E-state index contributed by atoms with van der Waals surface area (Å²) in [6.07, 6.45) is 0.749. The number of nitrogens with one attached hydrogen (secondary N) is 1. The average molecular weight is 316 g/mol. The molecule has 6 nitrogen and oxygen atoms in total. The molecule has 120 valence electrons. The number of methoxy groups -OCH3 is 2. The fraction of sp³-hybridized carbons (Fsp3) is 0.571. The van der Waals surface area contributed by atoms with Crippen molar-refractivity contribution in [2.75, 3.05) is 41.4 Å². The van der Waals surface area contributed by atoms with E-state index in [0.29, 0.717) is 23.6 Å². The minimum Gasteiger partial charge on any atom is -0.493 e. The third kappa shape index (κ3) is 4.87. The molecule has 1 N–H and O–H groups in total. The van der Waals surface area contributed by atoms with E-state index in [-0.39, 0.29) is 4.90 Å². The summed E-state index contributed by atoms with van der Waals surface area (Å²) < 4.78 is 37.6. The Morgan fingerprint density at radius 2 is 1.71 bits per heavy atom. The van der Waals surface area contributed by atoms with E-state index in [1.807, 2.05) is 19.0 Å². The zero-order chi connectivity index (χ0) is 16.0. The minimum absolute atomic E-state index is 0.213. The predicted molar refractivity (Wildman–Crippen MR) is 82.6 cm³/mol. The molecule has 0 spiro atoms. The third-order valence-corrected chi connectivity index (χ3v) is 4.65. The van der Waals surface area contributed by atoms with Gasteiger partial charge >= 0.3 is 0 Å². The molecule has 0 fully saturated rings. The summed E-state index contributed by atoms with van der Waals surface area (Å²) in [5.74, 6) is 0.915. The van der Waals surface area contributed by atoms with Crippen LogP contribution in [0.1, 0.15) is 12.0 Å². The van der Waals surface area contributed by atoms with Gasteiger partial charge in [0.2, 0.25) is 10.0 Å². The highest BCUT2D eigenvalue weighted by Crippen LogP contribution is 2.32. The first kappa shape index (κ1) is 17.7. The molecule has 7 heteroatoms. The van der Waals surface area contributed by atoms with Gasteiger partial charge in [-0.25, -0.2) is 13.1 Å². The van der Waals surface area contributed by atoms with Crippen molar-refractivity contribution in [2.24, 2.45) is 0 Å². The molecule has 0 bridgehead atoms. The third-order valence-electron chi connectivity index (χ3n) is 3.04. The Kier molecular flexibility index (Phi) is 6.44. The first-order valence-corrected chi connectivity index (χ1v) is 8.17. The number of sulfonamides is 1. The molecule has 0 aliphatic heterocycles. The highest BCUT2D eigenvalue weighted by Gasteiger charge is 2.19. The first-order chi connectivity index (χ1) is 9.81. The molecule has 21 heavy (non-hydrogen) atoms. The summed E-state index contributed by atoms with van der Waals surface area (Å²) in [5.41, 5.74) is 0.618. The lowest BCUT2D eigenvalue weighted by Gasteiger charge is -2.14. The second-order valence-electron chi connectivity index (χ2n) is 5.03. The van der Waals surface area contributed by atoms with Crippen LogP contribution in [0.5, 0.6) is 11.5 Å². The zero-order valence-corrected chi connectivity index (χ0v) is 14.1. The van der Waals surface area contributed by atoms with Gasteiger partial charge in [-0.05, 0) is 45.6 Å². The van der Waals surface area contributed by atoms with Crippen LogP contribution in [0.15, 0.2) is 17.0 Å². The smallest absolute Gasteiger partial charge is 0.240 e. The Morgan fingerprint density at radius 1 is 1.14 bits per heavy atom. The molecular formula is C14H24N2O4S. The van der Waals surface area contributed by atoms with Gasteiger partial charge in [0, 0.05) is 12.6 Å². The Bertz CT molecular complexity index is 571. The Balaban J connectivity index is 2.92. The molecule has 0 saturated heterocycles. The highest BCUT2D eigenvalue weighted by molar-refractivity contribution is 7.89. The normalized spacial score (nSPS) is 11.7. The first-order valence-electron chi connectivity index (χ1n) is 6.69. The van der Waals surface area contributed by atoms with Gasteiger partial charge in [-0.3, -0.25) is 0 Å². The van der Waals surface area contributed by atoms with E-state index in [1.165, 1.54) is 20.3 Å². The second-order valence-corrected chi connectivity index (χ2v) is 6.76. The standard InChI is InChI=1S/C14H24N2O4S/c1-11-9-12(19-4)13(20-5)10-14(11)21(17,18)15-7-6-8-16(2)3/h9-10,15H,6-8H2,1-5H3. The molecule has 1 aromatic rings. The summed E-state index contributed by atoms with van der Waals surface area (Å²) in [5, 5.41) is 0. The van der Waals surface area contributed by atoms with E-state index >= 15 is 0 Å². The van der Waals surface area contributed by atoms with Gasteiger partial charge in [-0.1, -0.05) is 0 Å². The number of nitrogens with zero attached hydrogens (tertiary/aromatic N) is 1. The van der Waals surface area contributed by atoms with Crippen LogP contribution < -0.4 is 14.2 Å². The number of ether oxygens (including phenoxy) is 2. The highest BCUT2D eigenvalue weighted by atomic mass is 32.2. The Morgan fingerprint density at radius 3 is 2.24 bits per heavy atom. The molecule has 0 heterocycles. The SMILES string of the molecule is COc1cc(C)c(S(=O)(=O)NCCCN(C)C)cc1OC. The van der Waals surface area contributed by atoms with Crippen LogP contribution in [0, 0.1) is 6.92 Å². The Labute approximate surface area is 127 Å². The van der Waals surface area contributed by atoms with E-state index in [4.69, 9.17) is 9.47 Å². The van der Waals surface area contributed by atoms with Crippen LogP contribution >= 0.6 is 0 Å². The van der Waals surface area contributed by atoms with Crippen LogP contribution in [0.25, 0.3) is 0 Å². The van der Waals surface area contributed by atoms with Crippen molar-refractivity contribution < 1.29 is 17.9 Å². The van der Waals surface area contributed by atoms with E-state index in [1.54, 1.807) is 13.0 Å². The predicted octanol–water partition coefficient (Wildman–Crippen LogP) is 1.24. The molecule has 1 rings (SSSR count). The molecule has 0 radical (unpaired) electrons. The van der Waals surface area contributed by atoms with Gasteiger partial charge in [0.05, 0.1) is 19.1 Å². The summed E-state index contributed by atoms with van der Waals surface area (Å²) in [6.45, 7) is 2.96. The van der Waals surface area contributed by atoms with Gasteiger partial charge in [0.15, 0.2) is 11.5 Å². The van der Waals surface area contributed by atoms with E-state index in [2.05, 4.69) is 4.72 Å². The van der Waals surface area contributed by atoms with Crippen LogP contribution in [-0.4, -0.2) is 54.7 Å². The molecule has 0 atom stereocenters. The van der Waals surface area contributed by atoms with E-state index in [9.17, 15) is 8.42 Å². The van der Waals surface area contributed by atoms with Crippen molar-refractivity contribution in [1.82, 2.24) is 9.62 Å². The lowest BCUT2D eigenvalue weighted by Crippen LogP contribution is -2.27. The fourth-order valence-corrected chi connectivity index (χ4v) is 3.24. The van der Waals surface area contributed by atoms with Gasteiger partial charge < -0.3 is 14.4 Å². The topological polar surface area (TPSA) is 67.9 Å². The molecule has 0 saturated carbocycles. The van der Waals surface area contributed by atoms with Crippen molar-refractivity contribution >= 4 is 10.0 Å².